The molecule has 2 aromatic rings. The largest absolute Gasteiger partial charge is 0.416 e. The Morgan fingerprint density at radius 1 is 1.07 bits per heavy atom. The Labute approximate surface area is 176 Å². The van der Waals surface area contributed by atoms with E-state index in [9.17, 15) is 13.2 Å². The number of alkyl halides is 3. The number of nitrogens with zero attached hydrogens (tertiary/aromatic N) is 2. The van der Waals surface area contributed by atoms with Crippen LogP contribution in [-0.2, 0) is 23.2 Å². The van der Waals surface area contributed by atoms with E-state index in [0.29, 0.717) is 12.4 Å². The van der Waals surface area contributed by atoms with Gasteiger partial charge in [-0.2, -0.15) is 13.2 Å². The third-order valence-electron chi connectivity index (χ3n) is 4.69. The highest BCUT2D eigenvalue weighted by Gasteiger charge is 2.29. The summed E-state index contributed by atoms with van der Waals surface area (Å²) < 4.78 is 46.0. The van der Waals surface area contributed by atoms with Gasteiger partial charge in [0, 0.05) is 36.5 Å². The van der Waals surface area contributed by atoms with Crippen LogP contribution < -0.4 is 0 Å². The van der Waals surface area contributed by atoms with Gasteiger partial charge in [0.15, 0.2) is 0 Å². The SMILES string of the molecule is CCCCCCCCOCC(Cn1ccnc1)SCc1ccc(C(F)(F)F)cc1. The Morgan fingerprint density at radius 3 is 2.45 bits per heavy atom. The predicted molar refractivity (Wildman–Crippen MR) is 113 cm³/mol. The van der Waals surface area contributed by atoms with E-state index in [0.717, 1.165) is 37.3 Å². The van der Waals surface area contributed by atoms with Crippen LogP contribution in [0.3, 0.4) is 0 Å². The fourth-order valence-electron chi connectivity index (χ4n) is 2.99. The second-order valence-corrected chi connectivity index (χ2v) is 8.52. The van der Waals surface area contributed by atoms with Crippen LogP contribution in [0.25, 0.3) is 0 Å². The summed E-state index contributed by atoms with van der Waals surface area (Å²) in [6.07, 6.45) is 8.53. The first-order chi connectivity index (χ1) is 14.0. The van der Waals surface area contributed by atoms with E-state index in [-0.39, 0.29) is 5.25 Å². The molecular weight excluding hydrogens is 397 g/mol. The van der Waals surface area contributed by atoms with Gasteiger partial charge in [0.1, 0.15) is 0 Å². The van der Waals surface area contributed by atoms with Crippen molar-refractivity contribution in [2.75, 3.05) is 13.2 Å². The zero-order valence-electron chi connectivity index (χ0n) is 17.0. The van der Waals surface area contributed by atoms with Crippen molar-refractivity contribution in [1.29, 1.82) is 0 Å². The van der Waals surface area contributed by atoms with Gasteiger partial charge >= 0.3 is 6.18 Å². The summed E-state index contributed by atoms with van der Waals surface area (Å²) in [5, 5.41) is 0.214. The van der Waals surface area contributed by atoms with Crippen LogP contribution in [-0.4, -0.2) is 28.0 Å². The van der Waals surface area contributed by atoms with Crippen LogP contribution in [0.2, 0.25) is 0 Å². The van der Waals surface area contributed by atoms with Crippen molar-refractivity contribution in [3.63, 3.8) is 0 Å². The van der Waals surface area contributed by atoms with Gasteiger partial charge < -0.3 is 9.30 Å². The number of rotatable bonds is 14. The molecule has 1 aromatic heterocycles. The molecule has 0 aliphatic carbocycles. The summed E-state index contributed by atoms with van der Waals surface area (Å²) in [5.41, 5.74) is 0.276. The highest BCUT2D eigenvalue weighted by molar-refractivity contribution is 7.99. The molecular formula is C22H31F3N2OS. The molecule has 1 unspecified atom stereocenters. The Kier molecular flexibility index (Phi) is 10.6. The lowest BCUT2D eigenvalue weighted by Gasteiger charge is -2.18. The molecule has 0 aliphatic heterocycles. The molecule has 0 N–H and O–H groups in total. The van der Waals surface area contributed by atoms with E-state index in [4.69, 9.17) is 4.74 Å². The first-order valence-electron chi connectivity index (χ1n) is 10.3. The van der Waals surface area contributed by atoms with Gasteiger partial charge in [-0.1, -0.05) is 51.2 Å². The Hall–Kier alpha value is -1.47. The molecule has 0 saturated heterocycles. The van der Waals surface area contributed by atoms with Crippen molar-refractivity contribution in [3.8, 4) is 0 Å². The van der Waals surface area contributed by atoms with E-state index >= 15 is 0 Å². The van der Waals surface area contributed by atoms with Gasteiger partial charge in [0.25, 0.3) is 0 Å². The molecule has 0 amide bonds. The Bertz CT molecular complexity index is 660. The number of thioether (sulfide) groups is 1. The number of halogens is 3. The van der Waals surface area contributed by atoms with Crippen molar-refractivity contribution < 1.29 is 17.9 Å². The van der Waals surface area contributed by atoms with Gasteiger partial charge in [-0.25, -0.2) is 4.98 Å². The maximum Gasteiger partial charge on any atom is 0.416 e. The molecule has 1 heterocycles. The minimum absolute atomic E-state index is 0.214. The molecule has 1 aromatic carbocycles. The van der Waals surface area contributed by atoms with Gasteiger partial charge in [0.2, 0.25) is 0 Å². The highest BCUT2D eigenvalue weighted by Crippen LogP contribution is 2.30. The quantitative estimate of drug-likeness (QED) is 0.318. The Balaban J connectivity index is 1.76. The van der Waals surface area contributed by atoms with Crippen LogP contribution in [0.1, 0.15) is 56.6 Å². The standard InChI is InChI=1S/C22H31F3N2OS/c1-2-3-4-5-6-7-14-28-16-21(15-27-13-12-26-18-27)29-17-19-8-10-20(11-9-19)22(23,24)25/h8-13,18,21H,2-7,14-17H2,1H3. The van der Waals surface area contributed by atoms with E-state index in [1.54, 1.807) is 36.4 Å². The molecule has 1 atom stereocenters. The summed E-state index contributed by atoms with van der Waals surface area (Å²) in [6.45, 7) is 4.36. The summed E-state index contributed by atoms with van der Waals surface area (Å²) in [5.74, 6) is 0.651. The lowest BCUT2D eigenvalue weighted by Crippen LogP contribution is -2.19. The van der Waals surface area contributed by atoms with Crippen LogP contribution in [0.15, 0.2) is 43.0 Å². The molecule has 0 saturated carbocycles. The molecule has 162 valence electrons. The predicted octanol–water partition coefficient (Wildman–Crippen LogP) is 6.58. The lowest BCUT2D eigenvalue weighted by atomic mass is 10.1. The maximum absolute atomic E-state index is 12.7. The van der Waals surface area contributed by atoms with Crippen molar-refractivity contribution in [1.82, 2.24) is 9.55 Å². The van der Waals surface area contributed by atoms with Crippen molar-refractivity contribution in [3.05, 3.63) is 54.1 Å². The van der Waals surface area contributed by atoms with Gasteiger partial charge in [-0.3, -0.25) is 0 Å². The van der Waals surface area contributed by atoms with Crippen LogP contribution in [0.4, 0.5) is 13.2 Å². The number of hydrogen-bond acceptors (Lipinski definition) is 3. The average Bonchev–Trinajstić information content (AvgIpc) is 3.20. The van der Waals surface area contributed by atoms with Crippen LogP contribution >= 0.6 is 11.8 Å². The number of unbranched alkanes of at least 4 members (excludes halogenated alkanes) is 5. The second-order valence-electron chi connectivity index (χ2n) is 7.23. The third kappa shape index (κ3) is 9.72. The summed E-state index contributed by atoms with van der Waals surface area (Å²) in [4.78, 5) is 4.08. The van der Waals surface area contributed by atoms with E-state index < -0.39 is 11.7 Å². The normalized spacial score (nSPS) is 13.0. The number of hydrogen-bond donors (Lipinski definition) is 0. The number of benzene rings is 1. The van der Waals surface area contributed by atoms with Crippen molar-refractivity contribution in [2.45, 2.75) is 69.2 Å². The summed E-state index contributed by atoms with van der Waals surface area (Å²) in [7, 11) is 0. The van der Waals surface area contributed by atoms with E-state index in [2.05, 4.69) is 11.9 Å². The molecule has 0 fully saturated rings. The van der Waals surface area contributed by atoms with E-state index in [1.807, 2.05) is 10.8 Å². The molecule has 0 aliphatic rings. The first-order valence-corrected chi connectivity index (χ1v) is 11.3. The molecule has 7 heteroatoms. The van der Waals surface area contributed by atoms with Crippen molar-refractivity contribution in [2.24, 2.45) is 0 Å². The zero-order chi connectivity index (χ0) is 21.0. The summed E-state index contributed by atoms with van der Waals surface area (Å²) in [6, 6.07) is 5.41. The number of ether oxygens (including phenoxy) is 1. The molecule has 0 bridgehead atoms. The van der Waals surface area contributed by atoms with Gasteiger partial charge in [0.05, 0.1) is 18.5 Å². The smallest absolute Gasteiger partial charge is 0.380 e. The fourth-order valence-corrected chi connectivity index (χ4v) is 4.08. The maximum atomic E-state index is 12.7. The second kappa shape index (κ2) is 13.0. The molecule has 0 spiro atoms. The molecule has 29 heavy (non-hydrogen) atoms. The van der Waals surface area contributed by atoms with Crippen LogP contribution in [0.5, 0.6) is 0 Å². The monoisotopic (exact) mass is 428 g/mol. The minimum Gasteiger partial charge on any atom is -0.380 e. The Morgan fingerprint density at radius 2 is 1.79 bits per heavy atom. The molecule has 2 rings (SSSR count). The lowest BCUT2D eigenvalue weighted by molar-refractivity contribution is -0.137. The fraction of sp³-hybridized carbons (Fsp3) is 0.591. The van der Waals surface area contributed by atoms with Crippen LogP contribution in [0, 0.1) is 0 Å². The highest BCUT2D eigenvalue weighted by atomic mass is 32.2. The van der Waals surface area contributed by atoms with Gasteiger partial charge in [-0.05, 0) is 24.1 Å². The summed E-state index contributed by atoms with van der Waals surface area (Å²) >= 11 is 1.71. The first kappa shape index (κ1) is 23.8. The third-order valence-corrected chi connectivity index (χ3v) is 5.94. The van der Waals surface area contributed by atoms with Crippen molar-refractivity contribution >= 4 is 11.8 Å². The topological polar surface area (TPSA) is 27.1 Å². The average molecular weight is 429 g/mol. The minimum atomic E-state index is -4.29. The number of imidazole rings is 1. The van der Waals surface area contributed by atoms with E-state index in [1.165, 1.54) is 32.1 Å². The zero-order valence-corrected chi connectivity index (χ0v) is 17.9. The number of aromatic nitrogens is 2. The molecule has 3 nitrogen and oxygen atoms in total. The van der Waals surface area contributed by atoms with Gasteiger partial charge in [-0.15, -0.1) is 11.8 Å². The molecule has 0 radical (unpaired) electrons.